The average Bonchev–Trinajstić information content (AvgIpc) is 2.96. The Morgan fingerprint density at radius 2 is 1.56 bits per heavy atom. The van der Waals surface area contributed by atoms with E-state index in [9.17, 15) is 9.59 Å². The number of fused-ring (bicyclic) bond motifs is 2. The molecule has 4 bridgehead atoms. The second kappa shape index (κ2) is 10.3. The average molecular weight is 549 g/mol. The number of amides is 1. The Kier molecular flexibility index (Phi) is 6.64. The highest BCUT2D eigenvalue weighted by Gasteiger charge is 2.51. The van der Waals surface area contributed by atoms with Gasteiger partial charge in [-0.1, -0.05) is 44.0 Å². The molecule has 0 aliphatic heterocycles. The van der Waals surface area contributed by atoms with Crippen LogP contribution in [0.3, 0.4) is 0 Å². The summed E-state index contributed by atoms with van der Waals surface area (Å²) in [6, 6.07) is 18.5. The van der Waals surface area contributed by atoms with Gasteiger partial charge in [-0.2, -0.15) is 0 Å². The van der Waals surface area contributed by atoms with Gasteiger partial charge < -0.3 is 14.6 Å². The van der Waals surface area contributed by atoms with Gasteiger partial charge >= 0.3 is 0 Å². The Labute approximate surface area is 241 Å². The molecule has 5 nitrogen and oxygen atoms in total. The van der Waals surface area contributed by atoms with Gasteiger partial charge in [-0.15, -0.1) is 0 Å². The first-order chi connectivity index (χ1) is 19.9. The first kappa shape index (κ1) is 26.3. The molecule has 4 aliphatic carbocycles. The fourth-order valence-electron chi connectivity index (χ4n) is 8.56. The summed E-state index contributed by atoms with van der Waals surface area (Å²) in [5.41, 5.74) is 2.91. The van der Waals surface area contributed by atoms with Gasteiger partial charge in [0.1, 0.15) is 11.3 Å². The minimum absolute atomic E-state index is 0.129. The smallest absolute Gasteiger partial charge is 0.257 e. The molecule has 0 spiro atoms. The van der Waals surface area contributed by atoms with Crippen LogP contribution in [0.2, 0.25) is 0 Å². The number of benzene rings is 3. The minimum atomic E-state index is -0.187. The molecule has 41 heavy (non-hydrogen) atoms. The summed E-state index contributed by atoms with van der Waals surface area (Å²) in [7, 11) is 1.68. The highest BCUT2D eigenvalue weighted by atomic mass is 16.5. The molecule has 0 saturated heterocycles. The molecule has 1 amide bonds. The van der Waals surface area contributed by atoms with Crippen molar-refractivity contribution in [2.75, 3.05) is 7.11 Å². The van der Waals surface area contributed by atoms with Crippen molar-refractivity contribution in [3.63, 3.8) is 0 Å². The third-order valence-corrected chi connectivity index (χ3v) is 10.1. The third kappa shape index (κ3) is 4.83. The van der Waals surface area contributed by atoms with Gasteiger partial charge in [0.25, 0.3) is 5.91 Å². The predicted octanol–water partition coefficient (Wildman–Crippen LogP) is 7.72. The topological polar surface area (TPSA) is 60.3 Å². The maximum atomic E-state index is 14.0. The lowest BCUT2D eigenvalue weighted by Crippen LogP contribution is -2.60. The summed E-state index contributed by atoms with van der Waals surface area (Å²) in [6.07, 6.45) is 12.3. The summed E-state index contributed by atoms with van der Waals surface area (Å²) < 4.78 is 7.52. The van der Waals surface area contributed by atoms with Crippen LogP contribution in [0.15, 0.2) is 65.6 Å². The number of hydrogen-bond donors (Lipinski definition) is 1. The maximum absolute atomic E-state index is 14.0. The lowest BCUT2D eigenvalue weighted by molar-refractivity contribution is -0.0167. The summed E-state index contributed by atoms with van der Waals surface area (Å²) in [5.74, 6) is 2.84. The molecule has 0 atom stereocenters. The molecule has 0 unspecified atom stereocenters. The summed E-state index contributed by atoms with van der Waals surface area (Å²) >= 11 is 0. The first-order valence-electron chi connectivity index (χ1n) is 15.5. The van der Waals surface area contributed by atoms with Gasteiger partial charge in [0, 0.05) is 23.7 Å². The van der Waals surface area contributed by atoms with E-state index in [1.807, 2.05) is 24.4 Å². The first-order valence-corrected chi connectivity index (χ1v) is 15.5. The molecule has 8 rings (SSSR count). The van der Waals surface area contributed by atoms with Crippen LogP contribution in [0.25, 0.3) is 32.8 Å². The number of unbranched alkanes of at least 4 members (excludes halogenated alkanes) is 2. The number of rotatable bonds is 8. The number of aryl methyl sites for hydroxylation is 1. The molecule has 1 aromatic heterocycles. The highest BCUT2D eigenvalue weighted by molar-refractivity contribution is 5.99. The van der Waals surface area contributed by atoms with Crippen molar-refractivity contribution in [2.45, 2.75) is 76.8 Å². The Morgan fingerprint density at radius 1 is 0.902 bits per heavy atom. The van der Waals surface area contributed by atoms with E-state index in [0.29, 0.717) is 5.39 Å². The number of ether oxygens (including phenoxy) is 1. The Balaban J connectivity index is 1.27. The molecule has 3 aromatic carbocycles. The van der Waals surface area contributed by atoms with Crippen molar-refractivity contribution in [3.05, 3.63) is 76.6 Å². The van der Waals surface area contributed by atoms with Crippen LogP contribution >= 0.6 is 0 Å². The number of aromatic nitrogens is 1. The van der Waals surface area contributed by atoms with Crippen molar-refractivity contribution in [3.8, 4) is 16.9 Å². The van der Waals surface area contributed by atoms with E-state index in [2.05, 4.69) is 53.2 Å². The van der Waals surface area contributed by atoms with Crippen molar-refractivity contribution in [1.82, 2.24) is 9.88 Å². The van der Waals surface area contributed by atoms with Crippen LogP contribution in [0.5, 0.6) is 5.75 Å². The van der Waals surface area contributed by atoms with E-state index in [-0.39, 0.29) is 22.4 Å². The number of nitrogens with zero attached hydrogens (tertiary/aromatic N) is 1. The molecular formula is C36H40N2O3. The Hall–Kier alpha value is -3.60. The van der Waals surface area contributed by atoms with Crippen LogP contribution in [0.1, 0.15) is 75.1 Å². The molecule has 4 aromatic rings. The Morgan fingerprint density at radius 3 is 2.27 bits per heavy atom. The molecule has 4 aliphatic rings. The van der Waals surface area contributed by atoms with Gasteiger partial charge in [0.2, 0.25) is 5.43 Å². The zero-order valence-corrected chi connectivity index (χ0v) is 24.2. The number of carbonyl (C=O) groups is 1. The second-order valence-corrected chi connectivity index (χ2v) is 13.1. The van der Waals surface area contributed by atoms with E-state index in [1.165, 1.54) is 19.3 Å². The highest BCUT2D eigenvalue weighted by Crippen LogP contribution is 2.55. The van der Waals surface area contributed by atoms with Gasteiger partial charge in [0.15, 0.2) is 0 Å². The van der Waals surface area contributed by atoms with Crippen molar-refractivity contribution < 1.29 is 9.53 Å². The quantitative estimate of drug-likeness (QED) is 0.229. The van der Waals surface area contributed by atoms with Crippen LogP contribution in [-0.4, -0.2) is 23.1 Å². The lowest BCUT2D eigenvalue weighted by Gasteiger charge is -2.56. The number of methoxy groups -OCH3 is 1. The van der Waals surface area contributed by atoms with Crippen molar-refractivity contribution >= 4 is 27.6 Å². The zero-order chi connectivity index (χ0) is 28.1. The molecule has 4 saturated carbocycles. The van der Waals surface area contributed by atoms with Gasteiger partial charge in [0.05, 0.1) is 12.6 Å². The lowest BCUT2D eigenvalue weighted by atomic mass is 9.53. The van der Waals surface area contributed by atoms with Crippen molar-refractivity contribution in [1.29, 1.82) is 0 Å². The molecule has 0 radical (unpaired) electrons. The van der Waals surface area contributed by atoms with Crippen LogP contribution < -0.4 is 15.5 Å². The molecule has 1 N–H and O–H groups in total. The molecule has 1 heterocycles. The van der Waals surface area contributed by atoms with E-state index in [1.54, 1.807) is 7.11 Å². The monoisotopic (exact) mass is 548 g/mol. The number of nitrogens with one attached hydrogen (secondary N) is 1. The molecule has 4 fully saturated rings. The fraction of sp³-hybridized carbons (Fsp3) is 0.444. The van der Waals surface area contributed by atoms with Crippen LogP contribution in [0.4, 0.5) is 0 Å². The van der Waals surface area contributed by atoms with Gasteiger partial charge in [-0.05, 0) is 115 Å². The molecule has 5 heteroatoms. The normalized spacial score (nSPS) is 24.7. The zero-order valence-electron chi connectivity index (χ0n) is 24.2. The SMILES string of the molecule is CCCCCn1cc(C(=O)NC23CC4CC(CC(C4)C2)C3)c(=O)c2cc(-c3ccc4cc(OC)ccc4c3)ccc21. The van der Waals surface area contributed by atoms with E-state index >= 15 is 0 Å². The van der Waals surface area contributed by atoms with E-state index in [4.69, 9.17) is 4.74 Å². The third-order valence-electron chi connectivity index (χ3n) is 10.1. The van der Waals surface area contributed by atoms with Gasteiger partial charge in [-0.25, -0.2) is 0 Å². The predicted molar refractivity (Wildman–Crippen MR) is 166 cm³/mol. The fourth-order valence-corrected chi connectivity index (χ4v) is 8.56. The maximum Gasteiger partial charge on any atom is 0.257 e. The standard InChI is InChI=1S/C36H40N2O3/c1-3-4-5-12-38-22-32(35(40)37-36-19-23-13-24(20-36)15-25(14-23)21-36)34(39)31-18-29(9-11-33(31)38)26-6-7-28-17-30(41-2)10-8-27(28)16-26/h6-11,16-18,22-25H,3-5,12-15,19-21H2,1-2H3,(H,37,40). The van der Waals surface area contributed by atoms with Crippen LogP contribution in [0, 0.1) is 17.8 Å². The summed E-state index contributed by atoms with van der Waals surface area (Å²) in [5, 5.41) is 6.29. The number of carbonyl (C=O) groups excluding carboxylic acids is 1. The minimum Gasteiger partial charge on any atom is -0.497 e. The molecular weight excluding hydrogens is 508 g/mol. The summed E-state index contributed by atoms with van der Waals surface area (Å²) in [6.45, 7) is 2.99. The Bertz CT molecular complexity index is 1670. The number of pyridine rings is 1. The van der Waals surface area contributed by atoms with E-state index < -0.39 is 0 Å². The van der Waals surface area contributed by atoms with Crippen LogP contribution in [-0.2, 0) is 6.54 Å². The van der Waals surface area contributed by atoms with Gasteiger partial charge in [-0.3, -0.25) is 9.59 Å². The van der Waals surface area contributed by atoms with Crippen molar-refractivity contribution in [2.24, 2.45) is 17.8 Å². The molecule has 212 valence electrons. The number of hydrogen-bond acceptors (Lipinski definition) is 3. The van der Waals surface area contributed by atoms with E-state index in [0.717, 1.165) is 96.0 Å². The second-order valence-electron chi connectivity index (χ2n) is 13.1. The largest absolute Gasteiger partial charge is 0.497 e. The summed E-state index contributed by atoms with van der Waals surface area (Å²) in [4.78, 5) is 27.9.